The van der Waals surface area contributed by atoms with E-state index in [1.54, 1.807) is 13.0 Å². The van der Waals surface area contributed by atoms with Gasteiger partial charge in [-0.3, -0.25) is 0 Å². The summed E-state index contributed by atoms with van der Waals surface area (Å²) < 4.78 is 37.4. The Morgan fingerprint density at radius 2 is 2.17 bits per heavy atom. The molecule has 1 unspecified atom stereocenters. The maximum Gasteiger partial charge on any atom is 0.433 e. The lowest BCUT2D eigenvalue weighted by Crippen LogP contribution is -2.10. The Balaban J connectivity index is 2.97. The Hall–Kier alpha value is -1.26. The highest BCUT2D eigenvalue weighted by Crippen LogP contribution is 2.31. The van der Waals surface area contributed by atoms with Gasteiger partial charge in [0.1, 0.15) is 16.8 Å². The van der Waals surface area contributed by atoms with Gasteiger partial charge in [0.2, 0.25) is 0 Å². The molecule has 0 fully saturated rings. The number of aliphatic hydroxyl groups is 1. The molecule has 3 nitrogen and oxygen atoms in total. The molecule has 7 heteroatoms. The summed E-state index contributed by atoms with van der Waals surface area (Å²) in [4.78, 5) is 3.45. The highest BCUT2D eigenvalue weighted by Gasteiger charge is 2.33. The molecule has 0 bridgehead atoms. The predicted octanol–water partition coefficient (Wildman–Crippen LogP) is 2.69. The molecule has 0 aliphatic carbocycles. The van der Waals surface area contributed by atoms with E-state index in [4.69, 9.17) is 10.4 Å². The van der Waals surface area contributed by atoms with E-state index in [1.807, 2.05) is 0 Å². The topological polar surface area (TPSA) is 56.9 Å². The molecule has 0 aliphatic heterocycles. The second-order valence-corrected chi connectivity index (χ2v) is 4.77. The predicted molar refractivity (Wildman–Crippen MR) is 60.9 cm³/mol. The molecule has 1 N–H and O–H groups in total. The van der Waals surface area contributed by atoms with Crippen LogP contribution in [0.5, 0.6) is 0 Å². The minimum Gasteiger partial charge on any atom is -0.396 e. The minimum atomic E-state index is -4.52. The molecule has 0 amide bonds. The van der Waals surface area contributed by atoms with Gasteiger partial charge in [0.15, 0.2) is 0 Å². The fourth-order valence-electron chi connectivity index (χ4n) is 1.07. The fourth-order valence-corrected chi connectivity index (χ4v) is 2.05. The van der Waals surface area contributed by atoms with Gasteiger partial charge in [-0.15, -0.1) is 11.8 Å². The van der Waals surface area contributed by atoms with Gasteiger partial charge >= 0.3 is 6.18 Å². The summed E-state index contributed by atoms with van der Waals surface area (Å²) in [5, 5.41) is 17.7. The van der Waals surface area contributed by atoms with Crippen molar-refractivity contribution in [1.29, 1.82) is 5.26 Å². The summed E-state index contributed by atoms with van der Waals surface area (Å²) in [5.74, 6) is 0.331. The van der Waals surface area contributed by atoms with E-state index in [0.29, 0.717) is 5.75 Å². The molecule has 1 atom stereocenters. The van der Waals surface area contributed by atoms with Gasteiger partial charge in [-0.25, -0.2) is 4.98 Å². The molecule has 1 aromatic heterocycles. The number of pyridine rings is 1. The van der Waals surface area contributed by atoms with Gasteiger partial charge in [0, 0.05) is 12.4 Å². The smallest absolute Gasteiger partial charge is 0.396 e. The second kappa shape index (κ2) is 6.07. The molecule has 18 heavy (non-hydrogen) atoms. The monoisotopic (exact) mass is 276 g/mol. The number of aromatic nitrogens is 1. The summed E-state index contributed by atoms with van der Waals surface area (Å²) in [6.45, 7) is 1.69. The lowest BCUT2D eigenvalue weighted by molar-refractivity contribution is -0.141. The number of nitriles is 1. The van der Waals surface area contributed by atoms with Crippen LogP contribution in [-0.2, 0) is 6.18 Å². The quantitative estimate of drug-likeness (QED) is 0.859. The summed E-state index contributed by atoms with van der Waals surface area (Å²) >= 11 is 1.04. The standard InChI is InChI=1S/C11H11F3N2OS/c1-7(5-17)6-18-10-8(4-15)2-3-9(16-10)11(12,13)14/h2-3,7,17H,5-6H2,1H3. The van der Waals surface area contributed by atoms with E-state index in [9.17, 15) is 13.2 Å². The lowest BCUT2D eigenvalue weighted by Gasteiger charge is -2.10. The van der Waals surface area contributed by atoms with Crippen molar-refractivity contribution in [2.75, 3.05) is 12.4 Å². The molecule has 0 saturated heterocycles. The first-order chi connectivity index (χ1) is 8.38. The van der Waals surface area contributed by atoms with Gasteiger partial charge < -0.3 is 5.11 Å². The van der Waals surface area contributed by atoms with Crippen molar-refractivity contribution in [3.05, 3.63) is 23.4 Å². The zero-order valence-electron chi connectivity index (χ0n) is 9.53. The highest BCUT2D eigenvalue weighted by molar-refractivity contribution is 7.99. The van der Waals surface area contributed by atoms with E-state index in [1.165, 1.54) is 0 Å². The first kappa shape index (κ1) is 14.8. The van der Waals surface area contributed by atoms with E-state index < -0.39 is 11.9 Å². The van der Waals surface area contributed by atoms with Crippen LogP contribution in [0, 0.1) is 17.2 Å². The zero-order chi connectivity index (χ0) is 13.8. The van der Waals surface area contributed by atoms with Crippen LogP contribution in [0.25, 0.3) is 0 Å². The van der Waals surface area contributed by atoms with Crippen LogP contribution >= 0.6 is 11.8 Å². The van der Waals surface area contributed by atoms with Crippen LogP contribution in [-0.4, -0.2) is 22.5 Å². The largest absolute Gasteiger partial charge is 0.433 e. The Bertz CT molecular complexity index is 457. The maximum atomic E-state index is 12.5. The second-order valence-electron chi connectivity index (χ2n) is 3.76. The van der Waals surface area contributed by atoms with Gasteiger partial charge in [-0.1, -0.05) is 6.92 Å². The zero-order valence-corrected chi connectivity index (χ0v) is 10.3. The summed E-state index contributed by atoms with van der Waals surface area (Å²) in [5.41, 5.74) is -0.904. The van der Waals surface area contributed by atoms with Crippen molar-refractivity contribution >= 4 is 11.8 Å². The Morgan fingerprint density at radius 1 is 1.50 bits per heavy atom. The fraction of sp³-hybridized carbons (Fsp3) is 0.455. The summed E-state index contributed by atoms with van der Waals surface area (Å²) in [7, 11) is 0. The number of hydrogen-bond donors (Lipinski definition) is 1. The molecule has 0 radical (unpaired) electrons. The molecule has 1 heterocycles. The average molecular weight is 276 g/mol. The molecule has 0 saturated carbocycles. The lowest BCUT2D eigenvalue weighted by atomic mass is 10.2. The van der Waals surface area contributed by atoms with Crippen molar-refractivity contribution in [1.82, 2.24) is 4.98 Å². The Morgan fingerprint density at radius 3 is 2.67 bits per heavy atom. The Kier molecular flexibility index (Phi) is 4.99. The van der Waals surface area contributed by atoms with E-state index in [2.05, 4.69) is 4.98 Å². The third-order valence-corrected chi connectivity index (χ3v) is 3.41. The van der Waals surface area contributed by atoms with Gasteiger partial charge in [0.05, 0.1) is 5.56 Å². The normalized spacial score (nSPS) is 13.1. The first-order valence-corrected chi connectivity index (χ1v) is 6.09. The van der Waals surface area contributed by atoms with E-state index in [0.717, 1.165) is 23.9 Å². The number of nitrogens with zero attached hydrogens (tertiary/aromatic N) is 2. The third kappa shape index (κ3) is 3.89. The van der Waals surface area contributed by atoms with Crippen LogP contribution in [0.15, 0.2) is 17.2 Å². The van der Waals surface area contributed by atoms with Gasteiger partial charge in [0.25, 0.3) is 0 Å². The molecule has 1 rings (SSSR count). The SMILES string of the molecule is CC(CO)CSc1nc(C(F)(F)F)ccc1C#N. The third-order valence-electron chi connectivity index (χ3n) is 2.09. The molecular formula is C11H11F3N2OS. The van der Waals surface area contributed by atoms with Crippen LogP contribution in [0.2, 0.25) is 0 Å². The van der Waals surface area contributed by atoms with E-state index in [-0.39, 0.29) is 23.1 Å². The van der Waals surface area contributed by atoms with Crippen molar-refractivity contribution in [2.24, 2.45) is 5.92 Å². The number of halogens is 3. The molecule has 0 aliphatic rings. The Labute approximate surface area is 107 Å². The number of thioether (sulfide) groups is 1. The average Bonchev–Trinajstić information content (AvgIpc) is 2.34. The molecule has 0 spiro atoms. The molecule has 0 aromatic carbocycles. The number of aliphatic hydroxyl groups excluding tert-OH is 1. The number of rotatable bonds is 4. The van der Waals surface area contributed by atoms with Crippen molar-refractivity contribution in [3.63, 3.8) is 0 Å². The van der Waals surface area contributed by atoms with Crippen LogP contribution in [0.1, 0.15) is 18.2 Å². The van der Waals surface area contributed by atoms with Crippen LogP contribution in [0.3, 0.4) is 0 Å². The molecule has 98 valence electrons. The highest BCUT2D eigenvalue weighted by atomic mass is 32.2. The first-order valence-electron chi connectivity index (χ1n) is 5.10. The molecule has 1 aromatic rings. The number of alkyl halides is 3. The van der Waals surface area contributed by atoms with Gasteiger partial charge in [-0.05, 0) is 18.1 Å². The summed E-state index contributed by atoms with van der Waals surface area (Å²) in [6, 6.07) is 3.71. The van der Waals surface area contributed by atoms with E-state index >= 15 is 0 Å². The summed E-state index contributed by atoms with van der Waals surface area (Å²) in [6.07, 6.45) is -4.52. The minimum absolute atomic E-state index is 0.0487. The molecular weight excluding hydrogens is 265 g/mol. The van der Waals surface area contributed by atoms with Crippen molar-refractivity contribution in [3.8, 4) is 6.07 Å². The number of hydrogen-bond acceptors (Lipinski definition) is 4. The van der Waals surface area contributed by atoms with Crippen molar-refractivity contribution in [2.45, 2.75) is 18.1 Å². The maximum absolute atomic E-state index is 12.5. The van der Waals surface area contributed by atoms with Crippen molar-refractivity contribution < 1.29 is 18.3 Å². The van der Waals surface area contributed by atoms with Crippen LogP contribution < -0.4 is 0 Å². The van der Waals surface area contributed by atoms with Gasteiger partial charge in [-0.2, -0.15) is 18.4 Å². The van der Waals surface area contributed by atoms with Crippen LogP contribution in [0.4, 0.5) is 13.2 Å².